The van der Waals surface area contributed by atoms with Crippen molar-refractivity contribution in [2.75, 3.05) is 0 Å². The lowest BCUT2D eigenvalue weighted by Gasteiger charge is -1.93. The minimum absolute atomic E-state index is 0. The van der Waals surface area contributed by atoms with Crippen LogP contribution in [0, 0.1) is 0 Å². The van der Waals surface area contributed by atoms with Gasteiger partial charge in [-0.2, -0.15) is 0 Å². The van der Waals surface area contributed by atoms with Gasteiger partial charge < -0.3 is 5.11 Å². The minimum atomic E-state index is -1.06. The van der Waals surface area contributed by atoms with E-state index < -0.39 is 5.97 Å². The molecule has 0 fully saturated rings. The number of nitrogens with zero attached hydrogens (tertiary/aromatic N) is 1. The molecule has 0 radical (unpaired) electrons. The van der Waals surface area contributed by atoms with E-state index in [9.17, 15) is 4.79 Å². The van der Waals surface area contributed by atoms with Crippen molar-refractivity contribution in [2.45, 2.75) is 0 Å². The molecule has 0 aromatic carbocycles. The van der Waals surface area contributed by atoms with Crippen LogP contribution >= 0.6 is 24.0 Å². The van der Waals surface area contributed by atoms with Gasteiger partial charge in [-0.1, -0.05) is 11.6 Å². The third-order valence-corrected chi connectivity index (χ3v) is 1.29. The van der Waals surface area contributed by atoms with Crippen LogP contribution in [0.3, 0.4) is 0 Å². The number of carbonyl (C=O) groups is 1. The van der Waals surface area contributed by atoms with E-state index in [0.29, 0.717) is 0 Å². The van der Waals surface area contributed by atoms with Gasteiger partial charge in [0.2, 0.25) is 0 Å². The molecule has 11 heavy (non-hydrogen) atoms. The normalized spacial score (nSPS) is 8.45. The van der Waals surface area contributed by atoms with Gasteiger partial charge in [0.15, 0.2) is 0 Å². The summed E-state index contributed by atoms with van der Waals surface area (Å²) in [5, 5.41) is 8.46. The number of halogens is 2. The molecule has 1 N–H and O–H groups in total. The number of carboxylic acids is 1. The monoisotopic (exact) mass is 193 g/mol. The second-order valence-electron chi connectivity index (χ2n) is 1.65. The molecule has 0 amide bonds. The third kappa shape index (κ3) is 2.37. The van der Waals surface area contributed by atoms with Gasteiger partial charge >= 0.3 is 5.97 Å². The first-order chi connectivity index (χ1) is 4.72. The molecular formula is C6H5Cl2NO2. The highest BCUT2D eigenvalue weighted by Gasteiger charge is 2.06. The first-order valence-corrected chi connectivity index (χ1v) is 2.93. The van der Waals surface area contributed by atoms with E-state index >= 15 is 0 Å². The Kier molecular flexibility index (Phi) is 3.85. The van der Waals surface area contributed by atoms with Gasteiger partial charge in [0, 0.05) is 6.20 Å². The Morgan fingerprint density at radius 1 is 1.64 bits per heavy atom. The van der Waals surface area contributed by atoms with Crippen molar-refractivity contribution in [3.8, 4) is 0 Å². The maximum Gasteiger partial charge on any atom is 0.338 e. The molecular weight excluding hydrogens is 189 g/mol. The van der Waals surface area contributed by atoms with E-state index in [1.54, 1.807) is 0 Å². The van der Waals surface area contributed by atoms with Gasteiger partial charge in [-0.3, -0.25) is 0 Å². The number of hydrogen-bond acceptors (Lipinski definition) is 2. The summed E-state index contributed by atoms with van der Waals surface area (Å²) in [6, 6.07) is 2.92. The van der Waals surface area contributed by atoms with Gasteiger partial charge in [0.1, 0.15) is 5.15 Å². The molecule has 60 valence electrons. The Labute approximate surface area is 74.4 Å². The molecule has 0 aliphatic heterocycles. The van der Waals surface area contributed by atoms with Crippen molar-refractivity contribution in [3.05, 3.63) is 29.0 Å². The van der Waals surface area contributed by atoms with Crippen LogP contribution in [0.5, 0.6) is 0 Å². The van der Waals surface area contributed by atoms with E-state index in [4.69, 9.17) is 16.7 Å². The van der Waals surface area contributed by atoms with Crippen molar-refractivity contribution in [2.24, 2.45) is 0 Å². The highest BCUT2D eigenvalue weighted by atomic mass is 35.5. The highest BCUT2D eigenvalue weighted by molar-refractivity contribution is 6.32. The minimum Gasteiger partial charge on any atom is -0.478 e. The fourth-order valence-electron chi connectivity index (χ4n) is 0.546. The smallest absolute Gasteiger partial charge is 0.338 e. The Morgan fingerprint density at radius 3 is 2.64 bits per heavy atom. The first-order valence-electron chi connectivity index (χ1n) is 2.55. The van der Waals surface area contributed by atoms with Crippen LogP contribution in [0.15, 0.2) is 18.3 Å². The van der Waals surface area contributed by atoms with Crippen LogP contribution in [-0.4, -0.2) is 16.1 Å². The highest BCUT2D eigenvalue weighted by Crippen LogP contribution is 2.10. The number of pyridine rings is 1. The zero-order valence-electron chi connectivity index (χ0n) is 5.32. The summed E-state index contributed by atoms with van der Waals surface area (Å²) in [4.78, 5) is 13.9. The second-order valence-corrected chi connectivity index (χ2v) is 2.00. The molecule has 3 nitrogen and oxygen atoms in total. The Bertz CT molecular complexity index is 265. The average molecular weight is 194 g/mol. The fourth-order valence-corrected chi connectivity index (χ4v) is 0.746. The number of aromatic nitrogens is 1. The lowest BCUT2D eigenvalue weighted by atomic mass is 10.3. The predicted molar refractivity (Wildman–Crippen MR) is 43.5 cm³/mol. The zero-order chi connectivity index (χ0) is 7.56. The number of carboxylic acid groups (broad SMARTS) is 1. The lowest BCUT2D eigenvalue weighted by Crippen LogP contribution is -1.97. The summed E-state index contributed by atoms with van der Waals surface area (Å²) in [7, 11) is 0. The standard InChI is InChI=1S/C6H4ClNO2.ClH/c7-5-4(6(9)10)2-1-3-8-5;/h1-3H,(H,9,10);1H. The van der Waals surface area contributed by atoms with Crippen molar-refractivity contribution in [1.82, 2.24) is 4.98 Å². The van der Waals surface area contributed by atoms with Gasteiger partial charge in [-0.25, -0.2) is 9.78 Å². The Morgan fingerprint density at radius 2 is 2.27 bits per heavy atom. The molecule has 1 aromatic rings. The molecule has 5 heteroatoms. The van der Waals surface area contributed by atoms with E-state index in [1.165, 1.54) is 18.3 Å². The van der Waals surface area contributed by atoms with Crippen molar-refractivity contribution in [3.63, 3.8) is 0 Å². The molecule has 0 saturated heterocycles. The predicted octanol–water partition coefficient (Wildman–Crippen LogP) is 1.86. The van der Waals surface area contributed by atoms with Gasteiger partial charge in [0.25, 0.3) is 0 Å². The average Bonchev–Trinajstić information content (AvgIpc) is 1.88. The number of hydrogen-bond donors (Lipinski definition) is 1. The number of aromatic carboxylic acids is 1. The van der Waals surface area contributed by atoms with Crippen LogP contribution < -0.4 is 0 Å². The molecule has 0 atom stereocenters. The summed E-state index contributed by atoms with van der Waals surface area (Å²) in [6.07, 6.45) is 1.44. The summed E-state index contributed by atoms with van der Waals surface area (Å²) in [6.45, 7) is 0. The largest absolute Gasteiger partial charge is 0.478 e. The van der Waals surface area contributed by atoms with E-state index in [0.717, 1.165) is 0 Å². The van der Waals surface area contributed by atoms with Crippen LogP contribution in [0.2, 0.25) is 5.15 Å². The van der Waals surface area contributed by atoms with Gasteiger partial charge in [-0.05, 0) is 12.1 Å². The molecule has 0 unspecified atom stereocenters. The maximum atomic E-state index is 10.3. The molecule has 0 aliphatic carbocycles. The topological polar surface area (TPSA) is 50.2 Å². The van der Waals surface area contributed by atoms with Gasteiger partial charge in [0.05, 0.1) is 5.56 Å². The van der Waals surface area contributed by atoms with Crippen LogP contribution in [0.4, 0.5) is 0 Å². The first kappa shape index (κ1) is 10.2. The van der Waals surface area contributed by atoms with Crippen LogP contribution in [0.25, 0.3) is 0 Å². The molecule has 1 heterocycles. The summed E-state index contributed by atoms with van der Waals surface area (Å²) in [5.41, 5.74) is 0.0316. The summed E-state index contributed by atoms with van der Waals surface area (Å²) in [5.74, 6) is -1.06. The maximum absolute atomic E-state index is 10.3. The molecule has 1 rings (SSSR count). The molecule has 0 saturated carbocycles. The van der Waals surface area contributed by atoms with Crippen molar-refractivity contribution >= 4 is 30.0 Å². The van der Waals surface area contributed by atoms with Crippen LogP contribution in [-0.2, 0) is 0 Å². The third-order valence-electron chi connectivity index (χ3n) is 0.989. The summed E-state index contributed by atoms with van der Waals surface area (Å²) >= 11 is 5.43. The van der Waals surface area contributed by atoms with Crippen LogP contribution in [0.1, 0.15) is 10.4 Å². The second kappa shape index (κ2) is 4.16. The Balaban J connectivity index is 0.000001000. The molecule has 1 aromatic heterocycles. The fraction of sp³-hybridized carbons (Fsp3) is 0. The molecule has 0 spiro atoms. The van der Waals surface area contributed by atoms with E-state index in [-0.39, 0.29) is 23.1 Å². The zero-order valence-corrected chi connectivity index (χ0v) is 6.89. The molecule has 0 bridgehead atoms. The lowest BCUT2D eigenvalue weighted by molar-refractivity contribution is 0.0696. The molecule has 0 aliphatic rings. The quantitative estimate of drug-likeness (QED) is 0.694. The van der Waals surface area contributed by atoms with Crippen molar-refractivity contribution in [1.29, 1.82) is 0 Å². The van der Waals surface area contributed by atoms with Gasteiger partial charge in [-0.15, -0.1) is 12.4 Å². The van der Waals surface area contributed by atoms with E-state index in [1.807, 2.05) is 0 Å². The summed E-state index contributed by atoms with van der Waals surface area (Å²) < 4.78 is 0. The van der Waals surface area contributed by atoms with E-state index in [2.05, 4.69) is 4.98 Å². The number of rotatable bonds is 1. The SMILES string of the molecule is Cl.O=C(O)c1cccnc1Cl. The van der Waals surface area contributed by atoms with Crippen molar-refractivity contribution < 1.29 is 9.90 Å². The Hall–Kier alpha value is -0.800.